The van der Waals surface area contributed by atoms with Gasteiger partial charge in [0.15, 0.2) is 0 Å². The van der Waals surface area contributed by atoms with Gasteiger partial charge in [0.05, 0.1) is 17.8 Å². The number of aryl methyl sites for hydroxylation is 2. The predicted molar refractivity (Wildman–Crippen MR) is 120 cm³/mol. The van der Waals surface area contributed by atoms with Gasteiger partial charge in [0.1, 0.15) is 23.3 Å². The van der Waals surface area contributed by atoms with Gasteiger partial charge in [0.25, 0.3) is 11.5 Å². The Morgan fingerprint density at radius 3 is 2.78 bits per heavy atom. The predicted octanol–water partition coefficient (Wildman–Crippen LogP) is 3.39. The van der Waals surface area contributed by atoms with Crippen LogP contribution in [0.3, 0.4) is 0 Å². The van der Waals surface area contributed by atoms with E-state index in [2.05, 4.69) is 15.4 Å². The largest absolute Gasteiger partial charge is 0.442 e. The van der Waals surface area contributed by atoms with E-state index in [9.17, 15) is 9.59 Å². The highest BCUT2D eigenvalue weighted by Gasteiger charge is 2.24. The summed E-state index contributed by atoms with van der Waals surface area (Å²) in [6, 6.07) is 11.5. The van der Waals surface area contributed by atoms with Gasteiger partial charge < -0.3 is 14.5 Å². The van der Waals surface area contributed by atoms with Gasteiger partial charge in [-0.05, 0) is 25.8 Å². The minimum absolute atomic E-state index is 0.0941. The van der Waals surface area contributed by atoms with E-state index in [1.54, 1.807) is 31.0 Å². The number of carbonyl (C=O) groups is 1. The number of nitrogens with one attached hydrogen (secondary N) is 1. The molecule has 0 saturated heterocycles. The lowest BCUT2D eigenvalue weighted by Gasteiger charge is -2.16. The molecule has 0 fully saturated rings. The second-order valence-electron chi connectivity index (χ2n) is 7.50. The zero-order valence-corrected chi connectivity index (χ0v) is 18.2. The molecule has 1 atom stereocenters. The van der Waals surface area contributed by atoms with E-state index in [0.717, 1.165) is 5.56 Å². The highest BCUT2D eigenvalue weighted by atomic mass is 16.5. The molecule has 4 rings (SSSR count). The van der Waals surface area contributed by atoms with Crippen molar-refractivity contribution in [3.05, 3.63) is 76.2 Å². The van der Waals surface area contributed by atoms with Crippen LogP contribution in [0.2, 0.25) is 0 Å². The number of ether oxygens (including phenoxy) is 1. The Kier molecular flexibility index (Phi) is 6.18. The molecule has 0 saturated carbocycles. The molecule has 9 heteroatoms. The summed E-state index contributed by atoms with van der Waals surface area (Å²) in [5.74, 6) is 0.403. The topological polar surface area (TPSA) is 104 Å². The Balaban J connectivity index is 1.66. The average molecular weight is 435 g/mol. The van der Waals surface area contributed by atoms with E-state index in [4.69, 9.17) is 9.15 Å². The van der Waals surface area contributed by atoms with Crippen molar-refractivity contribution in [2.75, 3.05) is 19.0 Å². The van der Waals surface area contributed by atoms with Crippen LogP contribution >= 0.6 is 0 Å². The number of hydrogen-bond donors (Lipinski definition) is 1. The number of fused-ring (bicyclic) bond motifs is 1. The second-order valence-corrected chi connectivity index (χ2v) is 7.50. The summed E-state index contributed by atoms with van der Waals surface area (Å²) >= 11 is 0. The van der Waals surface area contributed by atoms with Crippen molar-refractivity contribution >= 4 is 22.8 Å². The summed E-state index contributed by atoms with van der Waals surface area (Å²) in [5.41, 5.74) is 1.06. The van der Waals surface area contributed by atoms with E-state index in [0.29, 0.717) is 31.2 Å². The van der Waals surface area contributed by atoms with Crippen LogP contribution in [0.1, 0.15) is 41.1 Å². The Morgan fingerprint density at radius 1 is 1.25 bits per heavy atom. The Labute approximate surface area is 184 Å². The number of furan rings is 1. The number of nitrogens with zero attached hydrogens (tertiary/aromatic N) is 4. The lowest BCUT2D eigenvalue weighted by atomic mass is 10.1. The summed E-state index contributed by atoms with van der Waals surface area (Å²) in [6.07, 6.45) is 3.71. The lowest BCUT2D eigenvalue weighted by Crippen LogP contribution is -2.24. The SMILES string of the molecule is COCCCn1cnc2oc(C)c(C(=O)Nc3ccnn3C(C)c3ccccc3)c2c1=O. The van der Waals surface area contributed by atoms with Crippen molar-refractivity contribution in [1.29, 1.82) is 0 Å². The number of amides is 1. The molecule has 1 unspecified atom stereocenters. The molecule has 4 aromatic rings. The minimum atomic E-state index is -0.447. The molecule has 0 radical (unpaired) electrons. The van der Waals surface area contributed by atoms with Gasteiger partial charge in [-0.1, -0.05) is 30.3 Å². The smallest absolute Gasteiger partial charge is 0.265 e. The van der Waals surface area contributed by atoms with Crippen LogP contribution in [0.5, 0.6) is 0 Å². The summed E-state index contributed by atoms with van der Waals surface area (Å²) in [6.45, 7) is 4.60. The van der Waals surface area contributed by atoms with Crippen LogP contribution in [0, 0.1) is 6.92 Å². The first kappa shape index (κ1) is 21.5. The van der Waals surface area contributed by atoms with Crippen molar-refractivity contribution in [3.63, 3.8) is 0 Å². The van der Waals surface area contributed by atoms with Crippen LogP contribution in [-0.2, 0) is 11.3 Å². The first-order valence-corrected chi connectivity index (χ1v) is 10.4. The van der Waals surface area contributed by atoms with E-state index < -0.39 is 5.91 Å². The molecule has 166 valence electrons. The van der Waals surface area contributed by atoms with Gasteiger partial charge in [-0.15, -0.1) is 0 Å². The lowest BCUT2D eigenvalue weighted by molar-refractivity contribution is 0.102. The maximum Gasteiger partial charge on any atom is 0.265 e. The van der Waals surface area contributed by atoms with Gasteiger partial charge in [-0.2, -0.15) is 5.10 Å². The molecule has 0 aliphatic rings. The third-order valence-corrected chi connectivity index (χ3v) is 5.39. The monoisotopic (exact) mass is 435 g/mol. The number of anilines is 1. The molecule has 3 heterocycles. The number of rotatable bonds is 8. The third-order valence-electron chi connectivity index (χ3n) is 5.39. The molecule has 0 aliphatic heterocycles. The Hall–Kier alpha value is -3.72. The summed E-state index contributed by atoms with van der Waals surface area (Å²) in [5, 5.41) is 7.42. The van der Waals surface area contributed by atoms with Gasteiger partial charge >= 0.3 is 0 Å². The third kappa shape index (κ3) is 4.06. The molecule has 0 spiro atoms. The van der Waals surface area contributed by atoms with Crippen LogP contribution in [0.25, 0.3) is 11.1 Å². The number of methoxy groups -OCH3 is 1. The molecule has 1 amide bonds. The molecule has 1 N–H and O–H groups in total. The molecular formula is C23H25N5O4. The van der Waals surface area contributed by atoms with Crippen molar-refractivity contribution in [2.45, 2.75) is 32.9 Å². The highest BCUT2D eigenvalue weighted by Crippen LogP contribution is 2.25. The second kappa shape index (κ2) is 9.19. The van der Waals surface area contributed by atoms with Crippen molar-refractivity contribution in [3.8, 4) is 0 Å². The van der Waals surface area contributed by atoms with Gasteiger partial charge in [-0.3, -0.25) is 14.2 Å². The van der Waals surface area contributed by atoms with Crippen LogP contribution < -0.4 is 10.9 Å². The first-order valence-electron chi connectivity index (χ1n) is 10.4. The number of benzene rings is 1. The van der Waals surface area contributed by atoms with E-state index in [1.165, 1.54) is 10.9 Å². The average Bonchev–Trinajstić information content (AvgIpc) is 3.39. The quantitative estimate of drug-likeness (QED) is 0.426. The summed E-state index contributed by atoms with van der Waals surface area (Å²) in [7, 11) is 1.61. The standard InChI is InChI=1S/C23H25N5O4/c1-15(17-8-5-4-6-9-17)28-18(10-11-25-28)26-21(29)19-16(2)32-22-20(19)23(30)27(14-24-22)12-7-13-31-3/h4-6,8-11,14-15H,7,12-13H2,1-3H3,(H,26,29). The zero-order valence-electron chi connectivity index (χ0n) is 18.2. The molecule has 32 heavy (non-hydrogen) atoms. The first-order chi connectivity index (χ1) is 15.5. The van der Waals surface area contributed by atoms with Crippen molar-refractivity contribution in [1.82, 2.24) is 19.3 Å². The maximum atomic E-state index is 13.2. The van der Waals surface area contributed by atoms with Crippen molar-refractivity contribution < 1.29 is 13.9 Å². The van der Waals surface area contributed by atoms with Gasteiger partial charge in [0, 0.05) is 26.3 Å². The number of carbonyl (C=O) groups excluding carboxylic acids is 1. The van der Waals surface area contributed by atoms with E-state index >= 15 is 0 Å². The molecule has 0 aliphatic carbocycles. The Morgan fingerprint density at radius 2 is 2.03 bits per heavy atom. The molecule has 9 nitrogen and oxygen atoms in total. The Bertz CT molecular complexity index is 1290. The van der Waals surface area contributed by atoms with E-state index in [1.807, 2.05) is 37.3 Å². The molecular weight excluding hydrogens is 410 g/mol. The summed E-state index contributed by atoms with van der Waals surface area (Å²) < 4.78 is 13.9. The molecule has 3 aromatic heterocycles. The van der Waals surface area contributed by atoms with Gasteiger partial charge in [0.2, 0.25) is 5.71 Å². The fraction of sp³-hybridized carbons (Fsp3) is 0.304. The van der Waals surface area contributed by atoms with Crippen LogP contribution in [0.4, 0.5) is 5.82 Å². The zero-order chi connectivity index (χ0) is 22.7. The highest BCUT2D eigenvalue weighted by molar-refractivity contribution is 6.12. The fourth-order valence-corrected chi connectivity index (χ4v) is 3.72. The normalized spacial score (nSPS) is 12.2. The number of hydrogen-bond acceptors (Lipinski definition) is 6. The minimum Gasteiger partial charge on any atom is -0.442 e. The number of aromatic nitrogens is 4. The fourth-order valence-electron chi connectivity index (χ4n) is 3.72. The van der Waals surface area contributed by atoms with Crippen molar-refractivity contribution in [2.24, 2.45) is 0 Å². The molecule has 0 bridgehead atoms. The van der Waals surface area contributed by atoms with Crippen LogP contribution in [0.15, 0.2) is 58.1 Å². The van der Waals surface area contributed by atoms with E-state index in [-0.39, 0.29) is 28.3 Å². The van der Waals surface area contributed by atoms with Gasteiger partial charge in [-0.25, -0.2) is 9.67 Å². The summed E-state index contributed by atoms with van der Waals surface area (Å²) in [4.78, 5) is 30.5. The van der Waals surface area contributed by atoms with Crippen LogP contribution in [-0.4, -0.2) is 39.0 Å². The maximum absolute atomic E-state index is 13.2. The molecule has 1 aromatic carbocycles.